The number of nitrogens with zero attached hydrogens (tertiary/aromatic N) is 2. The van der Waals surface area contributed by atoms with Gasteiger partial charge < -0.3 is 19.2 Å². The Kier molecular flexibility index (Phi) is 5.48. The molecule has 0 unspecified atom stereocenters. The first-order chi connectivity index (χ1) is 12.6. The molecule has 134 valence electrons. The van der Waals surface area contributed by atoms with Crippen LogP contribution in [0.2, 0.25) is 0 Å². The van der Waals surface area contributed by atoms with Crippen molar-refractivity contribution >= 4 is 5.91 Å². The molecule has 26 heavy (non-hydrogen) atoms. The molecule has 0 spiro atoms. The van der Waals surface area contributed by atoms with E-state index in [4.69, 9.17) is 13.9 Å². The highest BCUT2D eigenvalue weighted by molar-refractivity contribution is 5.77. The highest BCUT2D eigenvalue weighted by Gasteiger charge is 2.11. The monoisotopic (exact) mass is 353 g/mol. The molecule has 1 amide bonds. The van der Waals surface area contributed by atoms with Crippen LogP contribution in [0.1, 0.15) is 11.5 Å². The van der Waals surface area contributed by atoms with E-state index in [0.29, 0.717) is 23.3 Å². The fraction of sp³-hybridized carbons (Fsp3) is 0.211. The summed E-state index contributed by atoms with van der Waals surface area (Å²) in [6.45, 7) is 2.04. The summed E-state index contributed by atoms with van der Waals surface area (Å²) in [5.74, 6) is 1.75. The molecule has 7 heteroatoms. The van der Waals surface area contributed by atoms with Crippen LogP contribution in [0.3, 0.4) is 0 Å². The highest BCUT2D eigenvalue weighted by atomic mass is 16.5. The number of ether oxygens (including phenoxy) is 2. The van der Waals surface area contributed by atoms with E-state index in [0.717, 1.165) is 11.1 Å². The van der Waals surface area contributed by atoms with E-state index in [1.807, 2.05) is 49.4 Å². The number of aryl methyl sites for hydroxylation is 1. The van der Waals surface area contributed by atoms with Crippen LogP contribution < -0.4 is 14.8 Å². The van der Waals surface area contributed by atoms with E-state index < -0.39 is 0 Å². The molecule has 0 bridgehead atoms. The van der Waals surface area contributed by atoms with Crippen LogP contribution in [-0.4, -0.2) is 29.8 Å². The van der Waals surface area contributed by atoms with Gasteiger partial charge >= 0.3 is 0 Å². The Bertz CT molecular complexity index is 875. The van der Waals surface area contributed by atoms with Gasteiger partial charge in [-0.25, -0.2) is 0 Å². The van der Waals surface area contributed by atoms with Gasteiger partial charge in [-0.2, -0.15) is 0 Å². The minimum Gasteiger partial charge on any atom is -0.497 e. The summed E-state index contributed by atoms with van der Waals surface area (Å²) >= 11 is 0. The maximum Gasteiger partial charge on any atom is 0.258 e. The lowest BCUT2D eigenvalue weighted by Crippen LogP contribution is -2.28. The van der Waals surface area contributed by atoms with Crippen LogP contribution >= 0.6 is 0 Å². The van der Waals surface area contributed by atoms with Crippen molar-refractivity contribution in [2.75, 3.05) is 13.7 Å². The predicted molar refractivity (Wildman–Crippen MR) is 94.8 cm³/mol. The molecule has 0 aliphatic carbocycles. The van der Waals surface area contributed by atoms with Gasteiger partial charge in [0.05, 0.1) is 13.7 Å². The zero-order chi connectivity index (χ0) is 18.4. The molecule has 7 nitrogen and oxygen atoms in total. The van der Waals surface area contributed by atoms with Crippen molar-refractivity contribution in [3.05, 3.63) is 60.0 Å². The Morgan fingerprint density at radius 1 is 1.12 bits per heavy atom. The second-order valence-electron chi connectivity index (χ2n) is 5.61. The summed E-state index contributed by atoms with van der Waals surface area (Å²) in [6, 6.07) is 14.8. The largest absolute Gasteiger partial charge is 0.497 e. The molecule has 1 N–H and O–H groups in total. The molecule has 0 aliphatic heterocycles. The Morgan fingerprint density at radius 3 is 2.69 bits per heavy atom. The van der Waals surface area contributed by atoms with Crippen LogP contribution in [0.4, 0.5) is 0 Å². The van der Waals surface area contributed by atoms with Crippen LogP contribution in [-0.2, 0) is 11.3 Å². The second-order valence-corrected chi connectivity index (χ2v) is 5.61. The van der Waals surface area contributed by atoms with Gasteiger partial charge in [-0.15, -0.1) is 10.2 Å². The van der Waals surface area contributed by atoms with E-state index in [1.165, 1.54) is 0 Å². The van der Waals surface area contributed by atoms with Crippen molar-refractivity contribution in [1.82, 2.24) is 15.5 Å². The Morgan fingerprint density at radius 2 is 1.92 bits per heavy atom. The van der Waals surface area contributed by atoms with Gasteiger partial charge in [0.15, 0.2) is 6.61 Å². The molecular formula is C19H19N3O4. The normalized spacial score (nSPS) is 10.4. The summed E-state index contributed by atoms with van der Waals surface area (Å²) < 4.78 is 16.2. The van der Waals surface area contributed by atoms with Gasteiger partial charge in [0.2, 0.25) is 11.8 Å². The van der Waals surface area contributed by atoms with E-state index in [1.54, 1.807) is 13.2 Å². The number of amides is 1. The van der Waals surface area contributed by atoms with Gasteiger partial charge in [0.25, 0.3) is 5.91 Å². The highest BCUT2D eigenvalue weighted by Crippen LogP contribution is 2.22. The van der Waals surface area contributed by atoms with Crippen LogP contribution in [0.25, 0.3) is 11.5 Å². The Hall–Kier alpha value is -3.35. The Balaban J connectivity index is 1.51. The zero-order valence-electron chi connectivity index (χ0n) is 14.6. The predicted octanol–water partition coefficient (Wildman–Crippen LogP) is 2.75. The number of carbonyl (C=O) groups is 1. The molecule has 3 rings (SSSR count). The fourth-order valence-electron chi connectivity index (χ4n) is 2.21. The number of nitrogens with one attached hydrogen (secondary N) is 1. The number of methoxy groups -OCH3 is 1. The lowest BCUT2D eigenvalue weighted by Gasteiger charge is -2.06. The molecule has 3 aromatic rings. The van der Waals surface area contributed by atoms with E-state index >= 15 is 0 Å². The zero-order valence-corrected chi connectivity index (χ0v) is 14.6. The number of aromatic nitrogens is 2. The average Bonchev–Trinajstić information content (AvgIpc) is 3.15. The number of hydrogen-bond acceptors (Lipinski definition) is 6. The topological polar surface area (TPSA) is 86.5 Å². The Labute approximate surface area is 151 Å². The lowest BCUT2D eigenvalue weighted by molar-refractivity contribution is -0.123. The molecule has 0 saturated carbocycles. The molecule has 1 aromatic heterocycles. The van der Waals surface area contributed by atoms with Crippen molar-refractivity contribution < 1.29 is 18.7 Å². The van der Waals surface area contributed by atoms with Crippen molar-refractivity contribution in [3.63, 3.8) is 0 Å². The molecule has 0 atom stereocenters. The van der Waals surface area contributed by atoms with Crippen LogP contribution in [0.15, 0.2) is 52.9 Å². The number of hydrogen-bond donors (Lipinski definition) is 1. The SMILES string of the molecule is COc1cccc(-c2nnc(CNC(=O)COc3ccc(C)cc3)o2)c1. The van der Waals surface area contributed by atoms with E-state index in [9.17, 15) is 4.79 Å². The minimum absolute atomic E-state index is 0.0834. The first kappa shape index (κ1) is 17.5. The van der Waals surface area contributed by atoms with Crippen molar-refractivity contribution in [3.8, 4) is 23.0 Å². The molecule has 0 aliphatic rings. The first-order valence-corrected chi connectivity index (χ1v) is 8.07. The number of benzene rings is 2. The smallest absolute Gasteiger partial charge is 0.258 e. The molecule has 0 saturated heterocycles. The third-order valence-electron chi connectivity index (χ3n) is 3.61. The third kappa shape index (κ3) is 4.60. The van der Waals surface area contributed by atoms with E-state index in [2.05, 4.69) is 15.5 Å². The quantitative estimate of drug-likeness (QED) is 0.703. The van der Waals surface area contributed by atoms with Gasteiger partial charge in [0, 0.05) is 5.56 Å². The number of rotatable bonds is 7. The average molecular weight is 353 g/mol. The van der Waals surface area contributed by atoms with Gasteiger partial charge in [-0.3, -0.25) is 4.79 Å². The second kappa shape index (κ2) is 8.15. The summed E-state index contributed by atoms with van der Waals surface area (Å²) in [5.41, 5.74) is 1.88. The van der Waals surface area contributed by atoms with Gasteiger partial charge in [-0.05, 0) is 37.3 Å². The summed E-state index contributed by atoms with van der Waals surface area (Å²) in [6.07, 6.45) is 0. The first-order valence-electron chi connectivity index (χ1n) is 8.07. The van der Waals surface area contributed by atoms with Crippen LogP contribution in [0.5, 0.6) is 11.5 Å². The third-order valence-corrected chi connectivity index (χ3v) is 3.61. The van der Waals surface area contributed by atoms with Crippen LogP contribution in [0, 0.1) is 6.92 Å². The standard InChI is InChI=1S/C19H19N3O4/c1-13-6-8-15(9-7-13)25-12-17(23)20-11-18-21-22-19(26-18)14-4-3-5-16(10-14)24-2/h3-10H,11-12H2,1-2H3,(H,20,23). The van der Waals surface area contributed by atoms with Gasteiger partial charge in [0.1, 0.15) is 11.5 Å². The van der Waals surface area contributed by atoms with Crippen molar-refractivity contribution in [2.24, 2.45) is 0 Å². The summed E-state index contributed by atoms with van der Waals surface area (Å²) in [4.78, 5) is 11.9. The molecular weight excluding hydrogens is 334 g/mol. The fourth-order valence-corrected chi connectivity index (χ4v) is 2.21. The van der Waals surface area contributed by atoms with E-state index in [-0.39, 0.29) is 19.1 Å². The number of carbonyl (C=O) groups excluding carboxylic acids is 1. The summed E-state index contributed by atoms with van der Waals surface area (Å²) in [5, 5.41) is 10.6. The maximum atomic E-state index is 11.9. The minimum atomic E-state index is -0.272. The van der Waals surface area contributed by atoms with Crippen molar-refractivity contribution in [1.29, 1.82) is 0 Å². The molecule has 1 heterocycles. The molecule has 0 radical (unpaired) electrons. The lowest BCUT2D eigenvalue weighted by atomic mass is 10.2. The summed E-state index contributed by atoms with van der Waals surface area (Å²) in [7, 11) is 1.59. The molecule has 0 fully saturated rings. The van der Waals surface area contributed by atoms with Crippen molar-refractivity contribution in [2.45, 2.75) is 13.5 Å². The maximum absolute atomic E-state index is 11.9. The van der Waals surface area contributed by atoms with Gasteiger partial charge in [-0.1, -0.05) is 23.8 Å². The molecule has 2 aromatic carbocycles.